The topological polar surface area (TPSA) is 98.8 Å². The number of amides is 3. The van der Waals surface area contributed by atoms with Crippen LogP contribution < -0.4 is 10.0 Å². The standard InChI is InChI=1S/C18H28N4O4S/c1-4-21(5-2)18(24)22-12-10-14(11-13-22)17(23)19-15-8-6-7-9-16(15)20-27(3,25)26/h6-9,14,20H,4-5,10-13H2,1-3H3,(H,19,23). The Morgan fingerprint density at radius 3 is 2.19 bits per heavy atom. The van der Waals surface area contributed by atoms with E-state index in [0.717, 1.165) is 6.26 Å². The summed E-state index contributed by atoms with van der Waals surface area (Å²) in [5.41, 5.74) is 0.761. The third kappa shape index (κ3) is 5.85. The lowest BCUT2D eigenvalue weighted by Gasteiger charge is -2.34. The van der Waals surface area contributed by atoms with Crippen molar-refractivity contribution in [3.05, 3.63) is 24.3 Å². The molecule has 0 aliphatic carbocycles. The molecule has 8 nitrogen and oxygen atoms in total. The fourth-order valence-corrected chi connectivity index (χ4v) is 3.72. The van der Waals surface area contributed by atoms with Crippen LogP contribution in [0.2, 0.25) is 0 Å². The number of carbonyl (C=O) groups is 2. The summed E-state index contributed by atoms with van der Waals surface area (Å²) in [4.78, 5) is 28.6. The zero-order valence-corrected chi connectivity index (χ0v) is 16.9. The first-order valence-corrected chi connectivity index (χ1v) is 11.1. The van der Waals surface area contributed by atoms with Crippen molar-refractivity contribution in [1.82, 2.24) is 9.80 Å². The lowest BCUT2D eigenvalue weighted by Crippen LogP contribution is -2.47. The molecule has 27 heavy (non-hydrogen) atoms. The van der Waals surface area contributed by atoms with Gasteiger partial charge in [-0.15, -0.1) is 0 Å². The number of hydrogen-bond donors (Lipinski definition) is 2. The summed E-state index contributed by atoms with van der Waals surface area (Å²) >= 11 is 0. The van der Waals surface area contributed by atoms with Gasteiger partial charge in [-0.2, -0.15) is 0 Å². The van der Waals surface area contributed by atoms with Gasteiger partial charge >= 0.3 is 6.03 Å². The SMILES string of the molecule is CCN(CC)C(=O)N1CCC(C(=O)Nc2ccccc2NS(C)(=O)=O)CC1. The lowest BCUT2D eigenvalue weighted by atomic mass is 9.96. The Hall–Kier alpha value is -2.29. The Morgan fingerprint density at radius 2 is 1.67 bits per heavy atom. The van der Waals surface area contributed by atoms with Gasteiger partial charge in [0.05, 0.1) is 17.6 Å². The van der Waals surface area contributed by atoms with Crippen LogP contribution in [0.4, 0.5) is 16.2 Å². The summed E-state index contributed by atoms with van der Waals surface area (Å²) in [7, 11) is -3.44. The predicted molar refractivity (Wildman–Crippen MR) is 106 cm³/mol. The summed E-state index contributed by atoms with van der Waals surface area (Å²) < 4.78 is 25.4. The van der Waals surface area contributed by atoms with Gasteiger partial charge in [0.15, 0.2) is 0 Å². The third-order valence-electron chi connectivity index (χ3n) is 4.65. The molecule has 0 atom stereocenters. The van der Waals surface area contributed by atoms with Gasteiger partial charge in [0.1, 0.15) is 0 Å². The highest BCUT2D eigenvalue weighted by atomic mass is 32.2. The molecule has 0 spiro atoms. The molecule has 0 radical (unpaired) electrons. The van der Waals surface area contributed by atoms with Gasteiger partial charge in [-0.05, 0) is 38.8 Å². The Morgan fingerprint density at radius 1 is 1.11 bits per heavy atom. The van der Waals surface area contributed by atoms with Crippen molar-refractivity contribution in [2.45, 2.75) is 26.7 Å². The summed E-state index contributed by atoms with van der Waals surface area (Å²) in [6.07, 6.45) is 2.23. The molecule has 2 rings (SSSR count). The Balaban J connectivity index is 1.97. The van der Waals surface area contributed by atoms with Gasteiger partial charge in [-0.1, -0.05) is 12.1 Å². The average molecular weight is 397 g/mol. The molecule has 0 bridgehead atoms. The highest BCUT2D eigenvalue weighted by Gasteiger charge is 2.29. The number of sulfonamides is 1. The van der Waals surface area contributed by atoms with E-state index in [-0.39, 0.29) is 17.9 Å². The van der Waals surface area contributed by atoms with Crippen LogP contribution in [-0.2, 0) is 14.8 Å². The van der Waals surface area contributed by atoms with Crippen molar-refractivity contribution in [2.24, 2.45) is 5.92 Å². The third-order valence-corrected chi connectivity index (χ3v) is 5.24. The number of nitrogens with one attached hydrogen (secondary N) is 2. The molecule has 1 aliphatic heterocycles. The fraction of sp³-hybridized carbons (Fsp3) is 0.556. The number of hydrogen-bond acceptors (Lipinski definition) is 4. The summed E-state index contributed by atoms with van der Waals surface area (Å²) in [6.45, 7) is 6.31. The minimum atomic E-state index is -3.44. The second kappa shape index (κ2) is 9.07. The van der Waals surface area contributed by atoms with E-state index in [1.54, 1.807) is 34.1 Å². The second-order valence-corrected chi connectivity index (χ2v) is 8.37. The Kier molecular flexibility index (Phi) is 7.06. The van der Waals surface area contributed by atoms with Crippen molar-refractivity contribution in [1.29, 1.82) is 0 Å². The molecule has 150 valence electrons. The Bertz CT molecular complexity index is 769. The number of carbonyl (C=O) groups excluding carboxylic acids is 2. The quantitative estimate of drug-likeness (QED) is 0.770. The van der Waals surface area contributed by atoms with E-state index in [9.17, 15) is 18.0 Å². The van der Waals surface area contributed by atoms with Gasteiger partial charge in [0.2, 0.25) is 15.9 Å². The van der Waals surface area contributed by atoms with E-state index in [1.807, 2.05) is 13.8 Å². The molecule has 1 aromatic carbocycles. The number of piperidine rings is 1. The van der Waals surface area contributed by atoms with Gasteiger partial charge in [0, 0.05) is 32.1 Å². The smallest absolute Gasteiger partial charge is 0.319 e. The minimum Gasteiger partial charge on any atom is -0.325 e. The van der Waals surface area contributed by atoms with E-state index >= 15 is 0 Å². The van der Waals surface area contributed by atoms with E-state index in [2.05, 4.69) is 10.0 Å². The molecule has 0 aromatic heterocycles. The molecule has 1 fully saturated rings. The van der Waals surface area contributed by atoms with Crippen LogP contribution in [-0.4, -0.2) is 62.6 Å². The van der Waals surface area contributed by atoms with E-state index in [1.165, 1.54) is 0 Å². The number of nitrogens with zero attached hydrogens (tertiary/aromatic N) is 2. The molecular weight excluding hydrogens is 368 g/mol. The number of benzene rings is 1. The molecule has 0 saturated carbocycles. The first-order valence-electron chi connectivity index (χ1n) is 9.16. The highest BCUT2D eigenvalue weighted by molar-refractivity contribution is 7.92. The largest absolute Gasteiger partial charge is 0.325 e. The molecule has 1 heterocycles. The van der Waals surface area contributed by atoms with Crippen LogP contribution in [0.5, 0.6) is 0 Å². The van der Waals surface area contributed by atoms with Gasteiger partial charge in [-0.25, -0.2) is 13.2 Å². The molecule has 3 amide bonds. The number of rotatable bonds is 6. The van der Waals surface area contributed by atoms with Gasteiger partial charge in [0.25, 0.3) is 0 Å². The molecule has 1 aliphatic rings. The monoisotopic (exact) mass is 396 g/mol. The van der Waals surface area contributed by atoms with Gasteiger partial charge < -0.3 is 15.1 Å². The number of anilines is 2. The average Bonchev–Trinajstić information content (AvgIpc) is 2.63. The van der Waals surface area contributed by atoms with Crippen molar-refractivity contribution in [3.63, 3.8) is 0 Å². The first-order chi connectivity index (χ1) is 12.7. The van der Waals surface area contributed by atoms with E-state index in [0.29, 0.717) is 50.4 Å². The normalized spacial score (nSPS) is 15.3. The second-order valence-electron chi connectivity index (χ2n) is 6.63. The zero-order valence-electron chi connectivity index (χ0n) is 16.1. The minimum absolute atomic E-state index is 0.0153. The maximum absolute atomic E-state index is 12.6. The van der Waals surface area contributed by atoms with Crippen LogP contribution >= 0.6 is 0 Å². The van der Waals surface area contributed by atoms with Crippen LogP contribution in [0.25, 0.3) is 0 Å². The zero-order chi connectivity index (χ0) is 20.0. The fourth-order valence-electron chi connectivity index (χ4n) is 3.14. The summed E-state index contributed by atoms with van der Waals surface area (Å²) in [5, 5.41) is 2.81. The molecule has 2 N–H and O–H groups in total. The summed E-state index contributed by atoms with van der Waals surface area (Å²) in [6, 6.07) is 6.70. The number of likely N-dealkylation sites (tertiary alicyclic amines) is 1. The van der Waals surface area contributed by atoms with Gasteiger partial charge in [-0.3, -0.25) is 9.52 Å². The highest BCUT2D eigenvalue weighted by Crippen LogP contribution is 2.25. The van der Waals surface area contributed by atoms with Crippen LogP contribution in [0.3, 0.4) is 0 Å². The molecule has 0 unspecified atom stereocenters. The predicted octanol–water partition coefficient (Wildman–Crippen LogP) is 2.17. The first kappa shape index (κ1) is 21.0. The maximum Gasteiger partial charge on any atom is 0.319 e. The maximum atomic E-state index is 12.6. The molecular formula is C18H28N4O4S. The Labute approximate surface area is 161 Å². The summed E-state index contributed by atoms with van der Waals surface area (Å²) in [5.74, 6) is -0.371. The molecule has 9 heteroatoms. The number of urea groups is 1. The van der Waals surface area contributed by atoms with E-state index < -0.39 is 10.0 Å². The van der Waals surface area contributed by atoms with Crippen molar-refractivity contribution >= 4 is 33.3 Å². The van der Waals surface area contributed by atoms with Crippen LogP contribution in [0, 0.1) is 5.92 Å². The van der Waals surface area contributed by atoms with Crippen LogP contribution in [0.1, 0.15) is 26.7 Å². The molecule has 1 aromatic rings. The van der Waals surface area contributed by atoms with Crippen molar-refractivity contribution in [3.8, 4) is 0 Å². The van der Waals surface area contributed by atoms with Crippen LogP contribution in [0.15, 0.2) is 24.3 Å². The number of para-hydroxylation sites is 2. The van der Waals surface area contributed by atoms with E-state index in [4.69, 9.17) is 0 Å². The molecule has 1 saturated heterocycles. The van der Waals surface area contributed by atoms with Crippen molar-refractivity contribution < 1.29 is 18.0 Å². The van der Waals surface area contributed by atoms with Crippen molar-refractivity contribution in [2.75, 3.05) is 42.5 Å². The lowest BCUT2D eigenvalue weighted by molar-refractivity contribution is -0.121.